The molecule has 0 spiro atoms. The van der Waals surface area contributed by atoms with Crippen molar-refractivity contribution in [1.29, 1.82) is 0 Å². The summed E-state index contributed by atoms with van der Waals surface area (Å²) in [5.74, 6) is -3.37. The molecule has 0 aliphatic carbocycles. The van der Waals surface area contributed by atoms with E-state index in [4.69, 9.17) is 10.8 Å². The van der Waals surface area contributed by atoms with E-state index in [9.17, 15) is 24.0 Å². The number of hydrogen-bond acceptors (Lipinski definition) is 8. The van der Waals surface area contributed by atoms with Gasteiger partial charge in [-0.3, -0.25) is 14.4 Å². The van der Waals surface area contributed by atoms with Gasteiger partial charge in [-0.2, -0.15) is 11.8 Å². The van der Waals surface area contributed by atoms with Crippen molar-refractivity contribution < 1.29 is 33.8 Å². The van der Waals surface area contributed by atoms with E-state index in [0.717, 1.165) is 19.3 Å². The minimum Gasteiger partial charge on any atom is -0.480 e. The van der Waals surface area contributed by atoms with Crippen molar-refractivity contribution in [2.75, 3.05) is 25.7 Å². The normalized spacial score (nSPS) is 13.9. The maximum absolute atomic E-state index is 12.1. The lowest BCUT2D eigenvalue weighted by Crippen LogP contribution is -2.55. The molecule has 158 valence electrons. The number of esters is 1. The molecule has 0 aromatic rings. The van der Waals surface area contributed by atoms with Gasteiger partial charge in [0.2, 0.25) is 17.7 Å². The van der Waals surface area contributed by atoms with Crippen molar-refractivity contribution in [3.05, 3.63) is 12.2 Å². The van der Waals surface area contributed by atoms with Crippen LogP contribution >= 0.6 is 11.8 Å². The topological polar surface area (TPSA) is 177 Å². The highest BCUT2D eigenvalue weighted by atomic mass is 32.2. The molecule has 0 bridgehead atoms. The molecule has 11 nitrogen and oxygen atoms in total. The molecule has 0 heterocycles. The second kappa shape index (κ2) is 13.6. The Morgan fingerprint density at radius 3 is 2.32 bits per heavy atom. The van der Waals surface area contributed by atoms with Crippen LogP contribution in [0.1, 0.15) is 13.3 Å². The third kappa shape index (κ3) is 10.5. The number of carbonyl (C=O) groups is 5. The first-order valence-corrected chi connectivity index (χ1v) is 9.63. The molecule has 0 aliphatic heterocycles. The highest BCUT2D eigenvalue weighted by Crippen LogP contribution is 2.01. The third-order valence-corrected chi connectivity index (χ3v) is 4.03. The predicted octanol–water partition coefficient (Wildman–Crippen LogP) is -2.01. The number of hydrogen-bond donors (Lipinski definition) is 5. The van der Waals surface area contributed by atoms with Gasteiger partial charge in [-0.15, -0.1) is 0 Å². The first-order valence-electron chi connectivity index (χ1n) is 8.24. The fourth-order valence-electron chi connectivity index (χ4n) is 1.75. The van der Waals surface area contributed by atoms with E-state index < -0.39 is 47.8 Å². The van der Waals surface area contributed by atoms with Gasteiger partial charge < -0.3 is 31.5 Å². The second-order valence-electron chi connectivity index (χ2n) is 5.62. The van der Waals surface area contributed by atoms with Gasteiger partial charge in [-0.1, -0.05) is 0 Å². The molecule has 0 fully saturated rings. The number of carbonyl (C=O) groups excluding carboxylic acids is 4. The molecule has 0 radical (unpaired) electrons. The predicted molar refractivity (Wildman–Crippen MR) is 102 cm³/mol. The molecular formula is C16H26N4O7S. The van der Waals surface area contributed by atoms with E-state index in [0.29, 0.717) is 5.75 Å². The highest BCUT2D eigenvalue weighted by Gasteiger charge is 2.25. The van der Waals surface area contributed by atoms with Gasteiger partial charge in [0.1, 0.15) is 18.1 Å². The molecule has 0 aromatic heterocycles. The molecule has 0 aliphatic rings. The fourth-order valence-corrected chi connectivity index (χ4v) is 2.22. The number of nitrogens with one attached hydrogen (secondary N) is 3. The van der Waals surface area contributed by atoms with E-state index in [2.05, 4.69) is 20.7 Å². The van der Waals surface area contributed by atoms with Gasteiger partial charge >= 0.3 is 11.9 Å². The molecule has 12 heteroatoms. The SMILES string of the molecule is COC(=O)/C=C/C(=O)NC[C@H](N)C(=O)N[C@@H](C)C(=O)N[C@H](CCSC)C(=O)O. The second-order valence-corrected chi connectivity index (χ2v) is 6.60. The summed E-state index contributed by atoms with van der Waals surface area (Å²) in [7, 11) is 1.16. The van der Waals surface area contributed by atoms with E-state index in [1.54, 1.807) is 0 Å². The van der Waals surface area contributed by atoms with Crippen LogP contribution in [0.4, 0.5) is 0 Å². The molecule has 0 aromatic carbocycles. The van der Waals surface area contributed by atoms with Crippen molar-refractivity contribution in [2.24, 2.45) is 5.73 Å². The molecule has 28 heavy (non-hydrogen) atoms. The quantitative estimate of drug-likeness (QED) is 0.177. The molecule has 0 saturated heterocycles. The first-order chi connectivity index (χ1) is 13.1. The minimum atomic E-state index is -1.17. The van der Waals surface area contributed by atoms with Crippen molar-refractivity contribution in [1.82, 2.24) is 16.0 Å². The summed E-state index contributed by atoms with van der Waals surface area (Å²) >= 11 is 1.45. The Morgan fingerprint density at radius 2 is 1.79 bits per heavy atom. The average molecular weight is 418 g/mol. The molecule has 0 rings (SSSR count). The van der Waals surface area contributed by atoms with E-state index in [1.807, 2.05) is 6.26 Å². The van der Waals surface area contributed by atoms with Crippen LogP contribution in [0.25, 0.3) is 0 Å². The van der Waals surface area contributed by atoms with Gasteiger partial charge in [-0.25, -0.2) is 9.59 Å². The molecule has 0 unspecified atom stereocenters. The number of rotatable bonds is 12. The van der Waals surface area contributed by atoms with Gasteiger partial charge in [-0.05, 0) is 25.4 Å². The lowest BCUT2D eigenvalue weighted by atomic mass is 10.2. The maximum Gasteiger partial charge on any atom is 0.330 e. The molecule has 3 atom stereocenters. The van der Waals surface area contributed by atoms with Crippen LogP contribution in [0.3, 0.4) is 0 Å². The summed E-state index contributed by atoms with van der Waals surface area (Å²) in [6, 6.07) is -3.24. The lowest BCUT2D eigenvalue weighted by molar-refractivity contribution is -0.142. The number of ether oxygens (including phenoxy) is 1. The largest absolute Gasteiger partial charge is 0.480 e. The Labute approximate surface area is 166 Å². The smallest absolute Gasteiger partial charge is 0.330 e. The van der Waals surface area contributed by atoms with Crippen LogP contribution in [0, 0.1) is 0 Å². The van der Waals surface area contributed by atoms with Gasteiger partial charge in [0.25, 0.3) is 0 Å². The van der Waals surface area contributed by atoms with E-state index >= 15 is 0 Å². The molecular weight excluding hydrogens is 392 g/mol. The molecule has 0 saturated carbocycles. The summed E-state index contributed by atoms with van der Waals surface area (Å²) in [6.07, 6.45) is 3.89. The first kappa shape index (κ1) is 25.4. The van der Waals surface area contributed by atoms with Crippen LogP contribution in [0.5, 0.6) is 0 Å². The Hall–Kier alpha value is -2.60. The lowest BCUT2D eigenvalue weighted by Gasteiger charge is -2.20. The Bertz CT molecular complexity index is 612. The van der Waals surface area contributed by atoms with Crippen LogP contribution < -0.4 is 21.7 Å². The molecule has 6 N–H and O–H groups in total. The Kier molecular flexibility index (Phi) is 12.3. The number of aliphatic carboxylic acids is 1. The third-order valence-electron chi connectivity index (χ3n) is 3.38. The average Bonchev–Trinajstić information content (AvgIpc) is 2.66. The number of amides is 3. The van der Waals surface area contributed by atoms with E-state index in [1.165, 1.54) is 18.7 Å². The number of carboxylic acid groups (broad SMARTS) is 1. The van der Waals surface area contributed by atoms with E-state index in [-0.39, 0.29) is 13.0 Å². The zero-order chi connectivity index (χ0) is 21.7. The summed E-state index contributed by atoms with van der Waals surface area (Å²) in [6.45, 7) is 1.14. The monoisotopic (exact) mass is 418 g/mol. The number of nitrogens with two attached hydrogens (primary N) is 1. The zero-order valence-corrected chi connectivity index (χ0v) is 16.7. The number of carboxylic acids is 1. The summed E-state index contributed by atoms with van der Waals surface area (Å²) < 4.78 is 4.32. The van der Waals surface area contributed by atoms with Crippen molar-refractivity contribution in [3.8, 4) is 0 Å². The van der Waals surface area contributed by atoms with Gasteiger partial charge in [0, 0.05) is 18.7 Å². The maximum atomic E-state index is 12.1. The van der Waals surface area contributed by atoms with Crippen molar-refractivity contribution in [3.63, 3.8) is 0 Å². The summed E-state index contributed by atoms with van der Waals surface area (Å²) in [4.78, 5) is 57.6. The van der Waals surface area contributed by atoms with Crippen LogP contribution in [0.15, 0.2) is 12.2 Å². The highest BCUT2D eigenvalue weighted by molar-refractivity contribution is 7.98. The summed E-state index contributed by atoms with van der Waals surface area (Å²) in [5.41, 5.74) is 5.64. The molecule has 3 amide bonds. The fraction of sp³-hybridized carbons (Fsp3) is 0.562. The Balaban J connectivity index is 4.48. The Morgan fingerprint density at radius 1 is 1.14 bits per heavy atom. The van der Waals surface area contributed by atoms with Crippen LogP contribution in [0.2, 0.25) is 0 Å². The zero-order valence-electron chi connectivity index (χ0n) is 15.9. The van der Waals surface area contributed by atoms with Crippen molar-refractivity contribution in [2.45, 2.75) is 31.5 Å². The number of thioether (sulfide) groups is 1. The summed E-state index contributed by atoms with van der Waals surface area (Å²) in [5, 5.41) is 16.1. The van der Waals surface area contributed by atoms with Crippen LogP contribution in [-0.2, 0) is 28.7 Å². The van der Waals surface area contributed by atoms with Gasteiger partial charge in [0.05, 0.1) is 7.11 Å². The number of methoxy groups -OCH3 is 1. The van der Waals surface area contributed by atoms with Gasteiger partial charge in [0.15, 0.2) is 0 Å². The minimum absolute atomic E-state index is 0.240. The standard InChI is InChI=1S/C16H26N4O7S/c1-9(14(23)20-11(16(25)26)6-7-28-3)19-15(24)10(17)8-18-12(21)4-5-13(22)27-2/h4-5,9-11H,6-8,17H2,1-3H3,(H,18,21)(H,19,24)(H,20,23)(H,25,26)/b5-4+/t9-,10-,11+/m0/s1. The van der Waals surface area contributed by atoms with Crippen molar-refractivity contribution >= 4 is 41.4 Å². The van der Waals surface area contributed by atoms with Crippen LogP contribution in [-0.4, -0.2) is 78.6 Å².